The quantitative estimate of drug-likeness (QED) is 0.537. The molecule has 18 heavy (non-hydrogen) atoms. The number of hydrogen-bond donors (Lipinski definition) is 3. The van der Waals surface area contributed by atoms with Gasteiger partial charge in [0.1, 0.15) is 5.84 Å². The van der Waals surface area contributed by atoms with Crippen molar-refractivity contribution in [2.24, 2.45) is 11.7 Å². The van der Waals surface area contributed by atoms with Crippen LogP contribution >= 0.6 is 0 Å². The summed E-state index contributed by atoms with van der Waals surface area (Å²) in [6, 6.07) is -0.547. The summed E-state index contributed by atoms with van der Waals surface area (Å²) in [5, 5.41) is 7.62. The van der Waals surface area contributed by atoms with E-state index in [-0.39, 0.29) is 11.8 Å². The molecule has 0 aromatic heterocycles. The number of rotatable bonds is 4. The van der Waals surface area contributed by atoms with Crippen LogP contribution in [0.25, 0.3) is 0 Å². The maximum Gasteiger partial charge on any atom is 0.217 e. The average molecular weight is 275 g/mol. The molecular formula is C12H25N3O2S. The smallest absolute Gasteiger partial charge is 0.217 e. The van der Waals surface area contributed by atoms with E-state index in [2.05, 4.69) is 4.72 Å². The standard InChI is InChI=1S/C12H25N3O2S/c1-12(2,3)18(16,17)15-10(11(13)14)9-7-5-4-6-8-9/h9-10,15H,4-8H2,1-3H3,(H3,13,14). The van der Waals surface area contributed by atoms with Crippen molar-refractivity contribution >= 4 is 15.9 Å². The summed E-state index contributed by atoms with van der Waals surface area (Å²) < 4.78 is 26.0. The zero-order valence-corrected chi connectivity index (χ0v) is 12.3. The predicted molar refractivity (Wildman–Crippen MR) is 74.1 cm³/mol. The molecule has 106 valence electrons. The highest BCUT2D eigenvalue weighted by Crippen LogP contribution is 2.27. The van der Waals surface area contributed by atoms with E-state index in [4.69, 9.17) is 11.1 Å². The maximum atomic E-state index is 12.1. The summed E-state index contributed by atoms with van der Waals surface area (Å²) in [7, 11) is -3.46. The van der Waals surface area contributed by atoms with Crippen LogP contribution < -0.4 is 10.5 Å². The third-order valence-corrected chi connectivity index (χ3v) is 5.72. The van der Waals surface area contributed by atoms with Crippen molar-refractivity contribution in [3.05, 3.63) is 0 Å². The Morgan fingerprint density at radius 1 is 1.28 bits per heavy atom. The third-order valence-electron chi connectivity index (χ3n) is 3.54. The van der Waals surface area contributed by atoms with Gasteiger partial charge >= 0.3 is 0 Å². The molecule has 0 radical (unpaired) electrons. The molecule has 1 fully saturated rings. The predicted octanol–water partition coefficient (Wildman–Crippen LogP) is 1.59. The van der Waals surface area contributed by atoms with Gasteiger partial charge in [-0.1, -0.05) is 19.3 Å². The van der Waals surface area contributed by atoms with E-state index in [1.807, 2.05) is 0 Å². The van der Waals surface area contributed by atoms with Crippen LogP contribution in [0.15, 0.2) is 0 Å². The van der Waals surface area contributed by atoms with E-state index in [1.165, 1.54) is 6.42 Å². The fourth-order valence-electron chi connectivity index (χ4n) is 2.23. The molecule has 0 aliphatic heterocycles. The first kappa shape index (κ1) is 15.4. The lowest BCUT2D eigenvalue weighted by molar-refractivity contribution is 0.327. The van der Waals surface area contributed by atoms with Gasteiger partial charge in [0, 0.05) is 0 Å². The molecule has 1 saturated carbocycles. The summed E-state index contributed by atoms with van der Waals surface area (Å²) in [5.74, 6) is 0.0862. The Bertz CT molecular complexity index is 392. The molecule has 0 aromatic carbocycles. The molecule has 1 unspecified atom stereocenters. The van der Waals surface area contributed by atoms with Crippen LogP contribution in [0.1, 0.15) is 52.9 Å². The molecule has 0 spiro atoms. The van der Waals surface area contributed by atoms with Crippen LogP contribution in [-0.4, -0.2) is 25.0 Å². The Morgan fingerprint density at radius 2 is 1.78 bits per heavy atom. The Hall–Kier alpha value is -0.620. The molecule has 1 aliphatic carbocycles. The Balaban J connectivity index is 2.84. The number of hydrogen-bond acceptors (Lipinski definition) is 3. The molecule has 6 heteroatoms. The van der Waals surface area contributed by atoms with Gasteiger partial charge < -0.3 is 5.73 Å². The lowest BCUT2D eigenvalue weighted by atomic mass is 9.84. The SMILES string of the molecule is CC(C)(C)S(=O)(=O)NC(C(=N)N)C1CCCCC1. The molecule has 0 heterocycles. The van der Waals surface area contributed by atoms with Crippen molar-refractivity contribution in [2.75, 3.05) is 0 Å². The first-order valence-corrected chi connectivity index (χ1v) is 7.99. The molecule has 4 N–H and O–H groups in total. The summed E-state index contributed by atoms with van der Waals surface area (Å²) in [6.07, 6.45) is 5.25. The molecule has 1 atom stereocenters. The fraction of sp³-hybridized carbons (Fsp3) is 0.917. The molecule has 0 aromatic rings. The summed E-state index contributed by atoms with van der Waals surface area (Å²) >= 11 is 0. The van der Waals surface area contributed by atoms with Crippen molar-refractivity contribution < 1.29 is 8.42 Å². The van der Waals surface area contributed by atoms with E-state index in [9.17, 15) is 8.42 Å². The van der Waals surface area contributed by atoms with Crippen molar-refractivity contribution in [3.8, 4) is 0 Å². The van der Waals surface area contributed by atoms with Crippen molar-refractivity contribution in [1.82, 2.24) is 4.72 Å². The number of amidine groups is 1. The van der Waals surface area contributed by atoms with Crippen LogP contribution in [0.2, 0.25) is 0 Å². The van der Waals surface area contributed by atoms with Crippen molar-refractivity contribution in [3.63, 3.8) is 0 Å². The maximum absolute atomic E-state index is 12.1. The van der Waals surface area contributed by atoms with Crippen LogP contribution in [0.5, 0.6) is 0 Å². The van der Waals surface area contributed by atoms with E-state index in [0.29, 0.717) is 0 Å². The van der Waals surface area contributed by atoms with Crippen molar-refractivity contribution in [2.45, 2.75) is 63.7 Å². The largest absolute Gasteiger partial charge is 0.386 e. The highest BCUT2D eigenvalue weighted by atomic mass is 32.2. The van der Waals surface area contributed by atoms with Gasteiger partial charge in [0.25, 0.3) is 0 Å². The Labute approximate surface area is 110 Å². The lowest BCUT2D eigenvalue weighted by Gasteiger charge is -2.32. The zero-order valence-electron chi connectivity index (χ0n) is 11.5. The van der Waals surface area contributed by atoms with Gasteiger partial charge in [-0.2, -0.15) is 0 Å². The minimum Gasteiger partial charge on any atom is -0.386 e. The van der Waals surface area contributed by atoms with Gasteiger partial charge in [-0.3, -0.25) is 5.41 Å². The number of sulfonamides is 1. The van der Waals surface area contributed by atoms with E-state index >= 15 is 0 Å². The first-order chi connectivity index (χ1) is 8.15. The van der Waals surface area contributed by atoms with E-state index in [1.54, 1.807) is 20.8 Å². The second kappa shape index (κ2) is 5.57. The highest BCUT2D eigenvalue weighted by molar-refractivity contribution is 7.90. The van der Waals surface area contributed by atoms with Crippen LogP contribution in [0, 0.1) is 11.3 Å². The van der Waals surface area contributed by atoms with Gasteiger partial charge in [0.05, 0.1) is 10.8 Å². The second-order valence-electron chi connectivity index (χ2n) is 6.06. The summed E-state index contributed by atoms with van der Waals surface area (Å²) in [6.45, 7) is 4.94. The van der Waals surface area contributed by atoms with E-state index in [0.717, 1.165) is 25.7 Å². The molecular weight excluding hydrogens is 250 g/mol. The lowest BCUT2D eigenvalue weighted by Crippen LogP contribution is -2.53. The molecule has 0 bridgehead atoms. The minimum absolute atomic E-state index is 0.0743. The second-order valence-corrected chi connectivity index (χ2v) is 8.53. The fourth-order valence-corrected chi connectivity index (χ4v) is 3.23. The number of nitrogens with two attached hydrogens (primary N) is 1. The van der Waals surface area contributed by atoms with Gasteiger partial charge in [-0.25, -0.2) is 13.1 Å². The van der Waals surface area contributed by atoms with Gasteiger partial charge in [0.15, 0.2) is 0 Å². The number of nitrogens with one attached hydrogen (secondary N) is 2. The Morgan fingerprint density at radius 3 is 2.17 bits per heavy atom. The highest BCUT2D eigenvalue weighted by Gasteiger charge is 2.35. The first-order valence-electron chi connectivity index (χ1n) is 6.51. The monoisotopic (exact) mass is 275 g/mol. The summed E-state index contributed by atoms with van der Waals surface area (Å²) in [4.78, 5) is 0. The zero-order chi connectivity index (χ0) is 14.0. The Kier molecular flexibility index (Phi) is 4.78. The molecule has 1 rings (SSSR count). The molecule has 5 nitrogen and oxygen atoms in total. The topological polar surface area (TPSA) is 96.0 Å². The normalized spacial score (nSPS) is 20.6. The minimum atomic E-state index is -3.46. The molecule has 0 saturated heterocycles. The van der Waals surface area contributed by atoms with Crippen LogP contribution in [0.3, 0.4) is 0 Å². The summed E-state index contributed by atoms with van der Waals surface area (Å²) in [5.41, 5.74) is 5.57. The third kappa shape index (κ3) is 3.68. The van der Waals surface area contributed by atoms with Gasteiger partial charge in [-0.05, 0) is 39.5 Å². The average Bonchev–Trinajstić information content (AvgIpc) is 2.25. The molecule has 0 amide bonds. The van der Waals surface area contributed by atoms with Crippen molar-refractivity contribution in [1.29, 1.82) is 5.41 Å². The van der Waals surface area contributed by atoms with Crippen LogP contribution in [-0.2, 0) is 10.0 Å². The van der Waals surface area contributed by atoms with E-state index < -0.39 is 20.8 Å². The van der Waals surface area contributed by atoms with Crippen LogP contribution in [0.4, 0.5) is 0 Å². The van der Waals surface area contributed by atoms with Gasteiger partial charge in [0.2, 0.25) is 10.0 Å². The van der Waals surface area contributed by atoms with Gasteiger partial charge in [-0.15, -0.1) is 0 Å². The molecule has 1 aliphatic rings.